The second kappa shape index (κ2) is 7.48. The molecule has 0 bridgehead atoms. The van der Waals surface area contributed by atoms with Gasteiger partial charge in [-0.1, -0.05) is 30.9 Å². The van der Waals surface area contributed by atoms with Crippen LogP contribution in [0.15, 0.2) is 0 Å². The Labute approximate surface area is 126 Å². The average molecular weight is 303 g/mol. The second-order valence-electron chi connectivity index (χ2n) is 6.33. The number of rotatable bonds is 3. The van der Waals surface area contributed by atoms with Crippen molar-refractivity contribution in [2.24, 2.45) is 5.92 Å². The summed E-state index contributed by atoms with van der Waals surface area (Å²) in [6, 6.07) is 0. The van der Waals surface area contributed by atoms with E-state index < -0.39 is 0 Å². The molecule has 1 N–H and O–H groups in total. The van der Waals surface area contributed by atoms with E-state index in [0.717, 1.165) is 29.1 Å². The molecule has 19 heavy (non-hydrogen) atoms. The fraction of sp³-hybridized carbons (Fsp3) is 0.857. The Balaban J connectivity index is 2.18. The maximum Gasteiger partial charge on any atom is 0.221 e. The average Bonchev–Trinajstić information content (AvgIpc) is 2.27. The SMILES string of the molecule is CC1CCN(C(=S)SCCC(=O)NC(C)(C)C)CC1. The molecule has 0 saturated carbocycles. The van der Waals surface area contributed by atoms with E-state index in [2.05, 4.69) is 17.1 Å². The zero-order valence-electron chi connectivity index (χ0n) is 12.5. The lowest BCUT2D eigenvalue weighted by atomic mass is 10.00. The molecule has 3 nitrogen and oxygen atoms in total. The van der Waals surface area contributed by atoms with Crippen molar-refractivity contribution in [3.63, 3.8) is 0 Å². The molecule has 0 atom stereocenters. The molecule has 0 unspecified atom stereocenters. The summed E-state index contributed by atoms with van der Waals surface area (Å²) in [7, 11) is 0. The maximum atomic E-state index is 11.7. The molecule has 1 aliphatic rings. The highest BCUT2D eigenvalue weighted by Gasteiger charge is 2.18. The Hall–Kier alpha value is -0.290. The van der Waals surface area contributed by atoms with E-state index in [4.69, 9.17) is 12.2 Å². The van der Waals surface area contributed by atoms with Gasteiger partial charge in [-0.05, 0) is 39.5 Å². The third kappa shape index (κ3) is 7.16. The Morgan fingerprint density at radius 2 is 1.95 bits per heavy atom. The highest BCUT2D eigenvalue weighted by Crippen LogP contribution is 2.20. The number of thioether (sulfide) groups is 1. The molecular weight excluding hydrogens is 276 g/mol. The van der Waals surface area contributed by atoms with Crippen molar-refractivity contribution in [2.45, 2.75) is 52.5 Å². The molecule has 1 rings (SSSR count). The van der Waals surface area contributed by atoms with Crippen LogP contribution in [0.25, 0.3) is 0 Å². The summed E-state index contributed by atoms with van der Waals surface area (Å²) >= 11 is 7.07. The number of amides is 1. The molecule has 5 heteroatoms. The van der Waals surface area contributed by atoms with Crippen molar-refractivity contribution in [3.05, 3.63) is 0 Å². The predicted octanol–water partition coefficient (Wildman–Crippen LogP) is 3.04. The zero-order chi connectivity index (χ0) is 14.5. The largest absolute Gasteiger partial charge is 0.358 e. The molecule has 110 valence electrons. The Morgan fingerprint density at radius 3 is 2.47 bits per heavy atom. The van der Waals surface area contributed by atoms with E-state index in [1.54, 1.807) is 11.8 Å². The summed E-state index contributed by atoms with van der Waals surface area (Å²) in [5, 5.41) is 2.97. The van der Waals surface area contributed by atoms with Gasteiger partial charge in [0.05, 0.1) is 0 Å². The lowest BCUT2D eigenvalue weighted by Gasteiger charge is -2.31. The zero-order valence-corrected chi connectivity index (χ0v) is 14.1. The van der Waals surface area contributed by atoms with Crippen LogP contribution in [-0.4, -0.2) is 39.5 Å². The Kier molecular flexibility index (Phi) is 6.60. The minimum absolute atomic E-state index is 0.107. The molecule has 0 aromatic carbocycles. The second-order valence-corrected chi connectivity index (χ2v) is 8.06. The Morgan fingerprint density at radius 1 is 1.37 bits per heavy atom. The number of nitrogens with one attached hydrogen (secondary N) is 1. The molecular formula is C14H26N2OS2. The Bertz CT molecular complexity index is 318. The van der Waals surface area contributed by atoms with Crippen molar-refractivity contribution in [1.82, 2.24) is 10.2 Å². The molecule has 0 spiro atoms. The summed E-state index contributed by atoms with van der Waals surface area (Å²) in [5.41, 5.74) is -0.148. The van der Waals surface area contributed by atoms with E-state index in [1.165, 1.54) is 12.8 Å². The molecule has 0 aliphatic carbocycles. The van der Waals surface area contributed by atoms with Crippen LogP contribution in [0.5, 0.6) is 0 Å². The lowest BCUT2D eigenvalue weighted by molar-refractivity contribution is -0.122. The summed E-state index contributed by atoms with van der Waals surface area (Å²) in [5.74, 6) is 1.70. The normalized spacial score (nSPS) is 17.4. The summed E-state index contributed by atoms with van der Waals surface area (Å²) in [6.07, 6.45) is 2.99. The topological polar surface area (TPSA) is 32.3 Å². The number of carbonyl (C=O) groups is 1. The predicted molar refractivity (Wildman–Crippen MR) is 87.5 cm³/mol. The van der Waals surface area contributed by atoms with Gasteiger partial charge < -0.3 is 10.2 Å². The van der Waals surface area contributed by atoms with Crippen LogP contribution in [0.2, 0.25) is 0 Å². The standard InChI is InChI=1S/C14H26N2OS2/c1-11-5-8-16(9-6-11)13(18)19-10-7-12(17)15-14(2,3)4/h11H,5-10H2,1-4H3,(H,15,17). The van der Waals surface area contributed by atoms with Gasteiger partial charge in [0.2, 0.25) is 5.91 Å². The minimum Gasteiger partial charge on any atom is -0.358 e. The first-order valence-corrected chi connectivity index (χ1v) is 8.40. The highest BCUT2D eigenvalue weighted by molar-refractivity contribution is 8.22. The van der Waals surface area contributed by atoms with E-state index in [1.807, 2.05) is 20.8 Å². The molecule has 1 aliphatic heterocycles. The van der Waals surface area contributed by atoms with Crippen LogP contribution in [0.1, 0.15) is 47.0 Å². The van der Waals surface area contributed by atoms with E-state index >= 15 is 0 Å². The molecule has 1 amide bonds. The van der Waals surface area contributed by atoms with Crippen molar-refractivity contribution in [1.29, 1.82) is 0 Å². The van der Waals surface area contributed by atoms with Gasteiger partial charge in [-0.25, -0.2) is 0 Å². The van der Waals surface area contributed by atoms with Crippen LogP contribution in [0.4, 0.5) is 0 Å². The van der Waals surface area contributed by atoms with Crippen LogP contribution >= 0.6 is 24.0 Å². The van der Waals surface area contributed by atoms with Gasteiger partial charge >= 0.3 is 0 Å². The van der Waals surface area contributed by atoms with Crippen molar-refractivity contribution in [3.8, 4) is 0 Å². The molecule has 1 heterocycles. The molecule has 1 fully saturated rings. The third-order valence-electron chi connectivity index (χ3n) is 3.11. The summed E-state index contributed by atoms with van der Waals surface area (Å²) in [4.78, 5) is 14.0. The summed E-state index contributed by atoms with van der Waals surface area (Å²) < 4.78 is 0.954. The number of nitrogens with zero attached hydrogens (tertiary/aromatic N) is 1. The third-order valence-corrected chi connectivity index (χ3v) is 4.64. The van der Waals surface area contributed by atoms with Crippen LogP contribution in [-0.2, 0) is 4.79 Å². The molecule has 1 saturated heterocycles. The fourth-order valence-corrected chi connectivity index (χ4v) is 3.25. The molecule has 0 radical (unpaired) electrons. The van der Waals surface area contributed by atoms with Crippen molar-refractivity contribution in [2.75, 3.05) is 18.8 Å². The smallest absolute Gasteiger partial charge is 0.221 e. The summed E-state index contributed by atoms with van der Waals surface area (Å²) in [6.45, 7) is 10.4. The monoisotopic (exact) mass is 302 g/mol. The van der Waals surface area contributed by atoms with Crippen molar-refractivity contribution >= 4 is 34.2 Å². The van der Waals surface area contributed by atoms with Gasteiger partial charge in [0, 0.05) is 30.8 Å². The van der Waals surface area contributed by atoms with Gasteiger partial charge in [0.15, 0.2) is 0 Å². The van der Waals surface area contributed by atoms with Gasteiger partial charge in [0.1, 0.15) is 4.32 Å². The highest BCUT2D eigenvalue weighted by atomic mass is 32.2. The van der Waals surface area contributed by atoms with Gasteiger partial charge in [-0.3, -0.25) is 4.79 Å². The number of thiocarbonyl (C=S) groups is 1. The lowest BCUT2D eigenvalue weighted by Crippen LogP contribution is -2.40. The number of hydrogen-bond acceptors (Lipinski definition) is 3. The van der Waals surface area contributed by atoms with Crippen LogP contribution in [0.3, 0.4) is 0 Å². The van der Waals surface area contributed by atoms with E-state index in [-0.39, 0.29) is 11.4 Å². The number of piperidine rings is 1. The van der Waals surface area contributed by atoms with Gasteiger partial charge in [0.25, 0.3) is 0 Å². The quantitative estimate of drug-likeness (QED) is 0.812. The van der Waals surface area contributed by atoms with E-state index in [0.29, 0.717) is 6.42 Å². The first kappa shape index (κ1) is 16.8. The van der Waals surface area contributed by atoms with Gasteiger partial charge in [-0.2, -0.15) is 0 Å². The van der Waals surface area contributed by atoms with E-state index in [9.17, 15) is 4.79 Å². The van der Waals surface area contributed by atoms with Gasteiger partial charge in [-0.15, -0.1) is 0 Å². The maximum absolute atomic E-state index is 11.7. The number of likely N-dealkylation sites (tertiary alicyclic amines) is 1. The molecule has 0 aromatic heterocycles. The van der Waals surface area contributed by atoms with Crippen molar-refractivity contribution < 1.29 is 4.79 Å². The number of hydrogen-bond donors (Lipinski definition) is 1. The molecule has 0 aromatic rings. The minimum atomic E-state index is -0.148. The first-order valence-electron chi connectivity index (χ1n) is 7.00. The van der Waals surface area contributed by atoms with Crippen LogP contribution in [0, 0.1) is 5.92 Å². The first-order chi connectivity index (χ1) is 8.78. The number of carbonyl (C=O) groups excluding carboxylic acids is 1. The fourth-order valence-electron chi connectivity index (χ4n) is 1.99. The van der Waals surface area contributed by atoms with Crippen LogP contribution < -0.4 is 5.32 Å².